The van der Waals surface area contributed by atoms with Crippen molar-refractivity contribution in [2.75, 3.05) is 19.0 Å². The molecule has 7 nitrogen and oxygen atoms in total. The fourth-order valence-corrected chi connectivity index (χ4v) is 3.25. The highest BCUT2D eigenvalue weighted by atomic mass is 16.5. The molecule has 2 aromatic rings. The summed E-state index contributed by atoms with van der Waals surface area (Å²) >= 11 is 0. The van der Waals surface area contributed by atoms with Gasteiger partial charge in [0.25, 0.3) is 0 Å². The van der Waals surface area contributed by atoms with E-state index in [0.29, 0.717) is 11.5 Å². The topological polar surface area (TPSA) is 76.5 Å². The van der Waals surface area contributed by atoms with Crippen LogP contribution in [0.15, 0.2) is 24.3 Å². The molecule has 1 aromatic carbocycles. The van der Waals surface area contributed by atoms with Gasteiger partial charge in [-0.2, -0.15) is 5.10 Å². The zero-order chi connectivity index (χ0) is 18.8. The lowest BCUT2D eigenvalue weighted by molar-refractivity contribution is 0.0588. The summed E-state index contributed by atoms with van der Waals surface area (Å²) < 4.78 is 6.09. The summed E-state index contributed by atoms with van der Waals surface area (Å²) in [4.78, 5) is 26.0. The number of nitrogens with one attached hydrogen (secondary N) is 1. The molecule has 26 heavy (non-hydrogen) atoms. The molecule has 1 saturated heterocycles. The van der Waals surface area contributed by atoms with E-state index in [-0.39, 0.29) is 12.1 Å². The van der Waals surface area contributed by atoms with E-state index in [1.54, 1.807) is 7.05 Å². The lowest BCUT2D eigenvalue weighted by atomic mass is 9.92. The number of anilines is 1. The molecule has 2 heterocycles. The van der Waals surface area contributed by atoms with Crippen molar-refractivity contribution in [3.05, 3.63) is 46.6 Å². The van der Waals surface area contributed by atoms with Gasteiger partial charge in [-0.1, -0.05) is 23.8 Å². The van der Waals surface area contributed by atoms with Crippen LogP contribution < -0.4 is 5.32 Å². The average molecular weight is 356 g/mol. The third-order valence-corrected chi connectivity index (χ3v) is 4.87. The van der Waals surface area contributed by atoms with Crippen molar-refractivity contribution in [2.45, 2.75) is 32.7 Å². The summed E-state index contributed by atoms with van der Waals surface area (Å²) in [6.45, 7) is 4.90. The van der Waals surface area contributed by atoms with Gasteiger partial charge in [-0.3, -0.25) is 10.00 Å². The van der Waals surface area contributed by atoms with Gasteiger partial charge in [0, 0.05) is 25.7 Å². The van der Waals surface area contributed by atoms with Crippen molar-refractivity contribution in [2.24, 2.45) is 7.05 Å². The van der Waals surface area contributed by atoms with Crippen LogP contribution in [-0.2, 0) is 18.2 Å². The minimum Gasteiger partial charge on any atom is -0.464 e. The Balaban J connectivity index is 1.64. The van der Waals surface area contributed by atoms with Crippen LogP contribution in [0.2, 0.25) is 0 Å². The first kappa shape index (κ1) is 18.0. The maximum Gasteiger partial charge on any atom is 0.356 e. The molecule has 1 N–H and O–H groups in total. The predicted molar refractivity (Wildman–Crippen MR) is 98.3 cm³/mol. The SMILES string of the molecule is COC(=O)c1cc(NC(=O)N2CCC2Cc2ccc(C)cc2C)nn1C. The van der Waals surface area contributed by atoms with Gasteiger partial charge in [-0.15, -0.1) is 0 Å². The first-order chi connectivity index (χ1) is 12.4. The number of aryl methyl sites for hydroxylation is 3. The Bertz CT molecular complexity index is 843. The van der Waals surface area contributed by atoms with Gasteiger partial charge < -0.3 is 9.64 Å². The van der Waals surface area contributed by atoms with E-state index in [9.17, 15) is 9.59 Å². The molecule has 1 aromatic heterocycles. The Hall–Kier alpha value is -2.83. The summed E-state index contributed by atoms with van der Waals surface area (Å²) in [6.07, 6.45) is 1.82. The van der Waals surface area contributed by atoms with E-state index >= 15 is 0 Å². The average Bonchev–Trinajstić information content (AvgIpc) is 2.92. The molecule has 1 aliphatic rings. The van der Waals surface area contributed by atoms with Gasteiger partial charge in [0.2, 0.25) is 0 Å². The van der Waals surface area contributed by atoms with Crippen LogP contribution in [0.1, 0.15) is 33.6 Å². The number of benzene rings is 1. The highest BCUT2D eigenvalue weighted by Crippen LogP contribution is 2.24. The molecule has 138 valence electrons. The Morgan fingerprint density at radius 1 is 1.31 bits per heavy atom. The third-order valence-electron chi connectivity index (χ3n) is 4.87. The molecular weight excluding hydrogens is 332 g/mol. The van der Waals surface area contributed by atoms with E-state index in [4.69, 9.17) is 4.74 Å². The lowest BCUT2D eigenvalue weighted by Gasteiger charge is -2.41. The number of rotatable bonds is 4. The fourth-order valence-electron chi connectivity index (χ4n) is 3.25. The van der Waals surface area contributed by atoms with Gasteiger partial charge in [0.15, 0.2) is 5.82 Å². The zero-order valence-corrected chi connectivity index (χ0v) is 15.6. The van der Waals surface area contributed by atoms with E-state index in [1.165, 1.54) is 34.5 Å². The summed E-state index contributed by atoms with van der Waals surface area (Å²) in [5, 5.41) is 6.92. The molecule has 0 bridgehead atoms. The number of aromatic nitrogens is 2. The van der Waals surface area contributed by atoms with Gasteiger partial charge in [0.05, 0.1) is 7.11 Å². The molecule has 3 rings (SSSR count). The smallest absolute Gasteiger partial charge is 0.356 e. The Morgan fingerprint density at radius 2 is 2.08 bits per heavy atom. The highest BCUT2D eigenvalue weighted by Gasteiger charge is 2.33. The molecule has 0 radical (unpaired) electrons. The number of carbonyl (C=O) groups excluding carboxylic acids is 2. The molecule has 1 atom stereocenters. The monoisotopic (exact) mass is 356 g/mol. The molecular formula is C19H24N4O3. The lowest BCUT2D eigenvalue weighted by Crippen LogP contribution is -2.53. The Morgan fingerprint density at radius 3 is 2.69 bits per heavy atom. The largest absolute Gasteiger partial charge is 0.464 e. The summed E-state index contributed by atoms with van der Waals surface area (Å²) in [5.74, 6) is -0.146. The Kier molecular flexibility index (Phi) is 4.97. The standard InChI is InChI=1S/C19H24N4O3/c1-12-5-6-14(13(2)9-12)10-15-7-8-23(15)19(25)20-17-11-16(18(24)26-4)22(3)21-17/h5-6,9,11,15H,7-8,10H2,1-4H3,(H,20,21,25). The number of likely N-dealkylation sites (tertiary alicyclic amines) is 1. The van der Waals surface area contributed by atoms with Crippen molar-refractivity contribution >= 4 is 17.8 Å². The van der Waals surface area contributed by atoms with E-state index < -0.39 is 5.97 Å². The van der Waals surface area contributed by atoms with Crippen molar-refractivity contribution in [1.82, 2.24) is 14.7 Å². The van der Waals surface area contributed by atoms with Crippen LogP contribution >= 0.6 is 0 Å². The van der Waals surface area contributed by atoms with Gasteiger partial charge in [-0.05, 0) is 37.8 Å². The van der Waals surface area contributed by atoms with Gasteiger partial charge in [0.1, 0.15) is 5.69 Å². The number of hydrogen-bond acceptors (Lipinski definition) is 4. The van der Waals surface area contributed by atoms with Crippen LogP contribution in [0.5, 0.6) is 0 Å². The molecule has 0 saturated carbocycles. The first-order valence-electron chi connectivity index (χ1n) is 8.65. The number of urea groups is 1. The van der Waals surface area contributed by atoms with Crippen LogP contribution in [-0.4, -0.2) is 46.4 Å². The molecule has 1 fully saturated rings. The second-order valence-electron chi connectivity index (χ2n) is 6.73. The van der Waals surface area contributed by atoms with E-state index in [2.05, 4.69) is 42.5 Å². The number of esters is 1. The zero-order valence-electron chi connectivity index (χ0n) is 15.6. The van der Waals surface area contributed by atoms with E-state index in [1.807, 2.05) is 4.90 Å². The van der Waals surface area contributed by atoms with Crippen molar-refractivity contribution in [3.8, 4) is 0 Å². The van der Waals surface area contributed by atoms with Crippen molar-refractivity contribution in [1.29, 1.82) is 0 Å². The van der Waals surface area contributed by atoms with Crippen LogP contribution in [0, 0.1) is 13.8 Å². The highest BCUT2D eigenvalue weighted by molar-refractivity contribution is 5.92. The van der Waals surface area contributed by atoms with E-state index in [0.717, 1.165) is 19.4 Å². The molecule has 2 amide bonds. The maximum absolute atomic E-state index is 12.5. The predicted octanol–water partition coefficient (Wildman–Crippen LogP) is 2.67. The molecule has 7 heteroatoms. The molecule has 0 spiro atoms. The third kappa shape index (κ3) is 3.56. The van der Waals surface area contributed by atoms with Crippen LogP contribution in [0.25, 0.3) is 0 Å². The number of nitrogens with zero attached hydrogens (tertiary/aromatic N) is 3. The minimum atomic E-state index is -0.489. The number of carbonyl (C=O) groups is 2. The number of ether oxygens (including phenoxy) is 1. The van der Waals surface area contributed by atoms with Crippen molar-refractivity contribution in [3.63, 3.8) is 0 Å². The first-order valence-corrected chi connectivity index (χ1v) is 8.65. The number of hydrogen-bond donors (Lipinski definition) is 1. The summed E-state index contributed by atoms with van der Waals surface area (Å²) in [5.41, 5.74) is 4.05. The molecule has 1 aliphatic heterocycles. The van der Waals surface area contributed by atoms with Crippen LogP contribution in [0.3, 0.4) is 0 Å². The van der Waals surface area contributed by atoms with Gasteiger partial charge >= 0.3 is 12.0 Å². The second kappa shape index (κ2) is 7.19. The number of amides is 2. The molecule has 1 unspecified atom stereocenters. The quantitative estimate of drug-likeness (QED) is 0.855. The normalized spacial score (nSPS) is 16.2. The van der Waals surface area contributed by atoms with Crippen LogP contribution in [0.4, 0.5) is 10.6 Å². The van der Waals surface area contributed by atoms with Crippen molar-refractivity contribution < 1.29 is 14.3 Å². The fraction of sp³-hybridized carbons (Fsp3) is 0.421. The minimum absolute atomic E-state index is 0.181. The molecule has 0 aliphatic carbocycles. The summed E-state index contributed by atoms with van der Waals surface area (Å²) in [7, 11) is 2.94. The summed E-state index contributed by atoms with van der Waals surface area (Å²) in [6, 6.07) is 7.91. The maximum atomic E-state index is 12.5. The van der Waals surface area contributed by atoms with Gasteiger partial charge in [-0.25, -0.2) is 9.59 Å². The second-order valence-corrected chi connectivity index (χ2v) is 6.73. The number of methoxy groups -OCH3 is 1. The Labute approximate surface area is 152 Å².